The number of fused-ring (bicyclic) bond motifs is 16. The second kappa shape index (κ2) is 25.7. The molecule has 4 aromatic rings. The molecule has 16 rings (SSSR count). The normalized spacial score (nSPS) is 44.1. The summed E-state index contributed by atoms with van der Waals surface area (Å²) < 4.78 is 33.1. The third-order valence-electron chi connectivity index (χ3n) is 27.2. The van der Waals surface area contributed by atoms with Gasteiger partial charge in [0.15, 0.2) is 16.9 Å². The summed E-state index contributed by atoms with van der Waals surface area (Å²) in [7, 11) is 5.60. The smallest absolute Gasteiger partial charge is 0.306 e. The first kappa shape index (κ1) is 66.0. The van der Waals surface area contributed by atoms with E-state index < -0.39 is 82.1 Å². The predicted octanol–water partition coefficient (Wildman–Crippen LogP) is 10.9. The molecule has 7 bridgehead atoms. The number of benzene rings is 3. The third kappa shape index (κ3) is 10.9. The highest BCUT2D eigenvalue weighted by Gasteiger charge is 2.78. The number of nitrogens with one attached hydrogen (secondary N) is 2. The van der Waals surface area contributed by atoms with Crippen LogP contribution in [0.1, 0.15) is 166 Å². The van der Waals surface area contributed by atoms with E-state index >= 15 is 0 Å². The van der Waals surface area contributed by atoms with Gasteiger partial charge < -0.3 is 69.7 Å². The van der Waals surface area contributed by atoms with Crippen molar-refractivity contribution in [1.29, 1.82) is 0 Å². The van der Waals surface area contributed by atoms with Gasteiger partial charge in [-0.05, 0) is 222 Å². The van der Waals surface area contributed by atoms with E-state index in [2.05, 4.69) is 78.9 Å². The minimum absolute atomic E-state index is 0.00766. The maximum Gasteiger partial charge on any atom is 0.306 e. The molecular formula is C77H102N2O13S2. The van der Waals surface area contributed by atoms with Crippen molar-refractivity contribution < 1.29 is 63.9 Å². The molecule has 3 aromatic carbocycles. The van der Waals surface area contributed by atoms with Crippen molar-refractivity contribution in [3.63, 3.8) is 0 Å². The molecule has 0 unspecified atom stereocenters. The fourth-order valence-corrected chi connectivity index (χ4v) is 26.7. The summed E-state index contributed by atoms with van der Waals surface area (Å²) >= 11 is 0. The van der Waals surface area contributed by atoms with Crippen LogP contribution in [-0.2, 0) is 26.1 Å². The van der Waals surface area contributed by atoms with Crippen LogP contribution in [0.2, 0.25) is 0 Å². The second-order valence-corrected chi connectivity index (χ2v) is 34.4. The summed E-state index contributed by atoms with van der Waals surface area (Å²) in [5.74, 6) is 7.06. The molecule has 21 atom stereocenters. The zero-order chi connectivity index (χ0) is 65.0. The van der Waals surface area contributed by atoms with Crippen molar-refractivity contribution in [3.8, 4) is 23.3 Å². The maximum atomic E-state index is 14.1. The monoisotopic (exact) mass is 1330 g/mol. The number of furan rings is 1. The van der Waals surface area contributed by atoms with Gasteiger partial charge in [0, 0.05) is 71.7 Å². The molecule has 12 aliphatic rings. The average molecular weight is 1330 g/mol. The van der Waals surface area contributed by atoms with Crippen molar-refractivity contribution >= 4 is 49.3 Å². The zero-order valence-electron chi connectivity index (χ0n) is 55.4. The highest BCUT2D eigenvalue weighted by atomic mass is 33.1. The SMILES string of the molecule is CCOC(=O)CCc1cc2ccoc2c2c1O[C@@H]1O[C@@]3(CSS[C@]4(CC[C@]5(C[C@@H]6CC[C@@H](NC)[C@H]6C5)[C@H]4CC[C@@]4(O)C[C@H]5C#CCC6CCC(c7ccc8ccccc8c7)(CC6)[C@H]5C4)[C@@H](CC[C@H](C)CCC[C@@H]3O)NCCO2)[C@]2(O)C[C@@H]3C=C[C@H](O)[C@H](CO)[C@@H]3[C@@]1(O)[C@H]2O. The van der Waals surface area contributed by atoms with Gasteiger partial charge in [-0.25, -0.2) is 0 Å². The van der Waals surface area contributed by atoms with Crippen LogP contribution < -0.4 is 20.1 Å². The Bertz CT molecular complexity index is 3530. The highest BCUT2D eigenvalue weighted by Crippen LogP contribution is 2.72. The molecule has 2 saturated heterocycles. The van der Waals surface area contributed by atoms with Gasteiger partial charge in [0.05, 0.1) is 30.7 Å². The quantitative estimate of drug-likeness (QED) is 0.0311. The third-order valence-corrected chi connectivity index (χ3v) is 30.5. The number of aryl methyl sites for hydroxylation is 1. The molecular weight excluding hydrogens is 1220 g/mol. The van der Waals surface area contributed by atoms with Crippen molar-refractivity contribution in [2.75, 3.05) is 39.2 Å². The van der Waals surface area contributed by atoms with Crippen LogP contribution in [0.15, 0.2) is 77.4 Å². The van der Waals surface area contributed by atoms with E-state index in [0.717, 1.165) is 83.5 Å². The number of esters is 1. The Morgan fingerprint density at radius 1 is 0.872 bits per heavy atom. The Morgan fingerprint density at radius 3 is 2.53 bits per heavy atom. The molecule has 3 aliphatic heterocycles. The lowest BCUT2D eigenvalue weighted by atomic mass is 9.50. The summed E-state index contributed by atoms with van der Waals surface area (Å²) in [5, 5.41) is 103. The van der Waals surface area contributed by atoms with Crippen LogP contribution in [-0.4, -0.2) is 145 Å². The number of aliphatic hydroxyl groups is 7. The summed E-state index contributed by atoms with van der Waals surface area (Å²) in [5.41, 5.74) is -5.63. The van der Waals surface area contributed by atoms with Crippen molar-refractivity contribution in [1.82, 2.24) is 10.6 Å². The number of hydrogen-bond donors (Lipinski definition) is 9. The minimum Gasteiger partial charge on any atom is -0.485 e. The Morgan fingerprint density at radius 2 is 1.71 bits per heavy atom. The van der Waals surface area contributed by atoms with Crippen molar-refractivity contribution in [2.45, 2.75) is 231 Å². The van der Waals surface area contributed by atoms with Crippen LogP contribution in [0.4, 0.5) is 0 Å². The number of rotatable bonds is 10. The molecule has 9 N–H and O–H groups in total. The molecule has 0 radical (unpaired) electrons. The van der Waals surface area contributed by atoms with Gasteiger partial charge in [-0.1, -0.05) is 102 Å². The van der Waals surface area contributed by atoms with E-state index in [1.165, 1.54) is 29.2 Å². The van der Waals surface area contributed by atoms with E-state index in [0.29, 0.717) is 72.6 Å². The first-order chi connectivity index (χ1) is 45.4. The van der Waals surface area contributed by atoms with Crippen LogP contribution in [0.25, 0.3) is 21.7 Å². The minimum atomic E-state index is -2.52. The molecule has 94 heavy (non-hydrogen) atoms. The van der Waals surface area contributed by atoms with Gasteiger partial charge >= 0.3 is 5.97 Å². The zero-order valence-corrected chi connectivity index (χ0v) is 57.0. The number of ether oxygens (including phenoxy) is 4. The lowest BCUT2D eigenvalue weighted by Crippen LogP contribution is -2.86. The molecule has 15 nitrogen and oxygen atoms in total. The van der Waals surface area contributed by atoms with Gasteiger partial charge in [0.2, 0.25) is 12.0 Å². The van der Waals surface area contributed by atoms with Gasteiger partial charge in [-0.3, -0.25) is 4.79 Å². The maximum absolute atomic E-state index is 14.1. The number of aliphatic hydroxyl groups excluding tert-OH is 4. The molecule has 17 heteroatoms. The molecule has 1 aromatic heterocycles. The van der Waals surface area contributed by atoms with E-state index in [1.54, 1.807) is 36.1 Å². The summed E-state index contributed by atoms with van der Waals surface area (Å²) in [4.78, 5) is 13.3. The molecule has 9 aliphatic carbocycles. The lowest BCUT2D eigenvalue weighted by Gasteiger charge is -2.67. The van der Waals surface area contributed by atoms with Gasteiger partial charge in [0.1, 0.15) is 23.9 Å². The van der Waals surface area contributed by atoms with Crippen molar-refractivity contribution in [2.24, 2.45) is 64.6 Å². The molecule has 4 heterocycles. The highest BCUT2D eigenvalue weighted by molar-refractivity contribution is 8.77. The topological polar surface area (TPSA) is 233 Å². The Labute approximate surface area is 562 Å². The van der Waals surface area contributed by atoms with E-state index in [-0.39, 0.29) is 96.7 Å². The number of carbonyl (C=O) groups excluding carboxylic acids is 1. The molecule has 3 spiro atoms. The van der Waals surface area contributed by atoms with Gasteiger partial charge in [-0.2, -0.15) is 0 Å². The lowest BCUT2D eigenvalue weighted by molar-refractivity contribution is -0.424. The molecule has 0 amide bonds. The standard InChI is InChI=1S/C77H102N2O13S2/c1-4-88-64(83)24-19-50-37-51-28-35-89-66(51)68-67(50)91-70-77(87)65-54(18-22-60(81)57(65)44-80)41-75(86,69(77)84)76(92-70)45-93-94-74(62(79-34-36-90-68)23-15-46(2)9-7-14-63(76)82)33-32-71(39-52-17-21-59(78-3)56(52)42-71)61(74)27-29-72(85)40-53-13-8-10-47-25-30-73(31-26-47,58(53)43-72)55-20-16-48-11-5-6-12-49(48)38-55/h5-6,11-12,16,18,20,22,28,35,37-38,46-47,52-54,56-63,65,69-70,78-82,84-87H,4,7,9-10,14-15,17,19,21,23-27,29-34,36,39-45H2,1-3H3/t46-,47?,52+,53-,54+,56+,57+,58+,59-,60+,61-,62-,63+,65-,69+,70-,71-,72-,73?,74+,75+,76-,77-/m1/s1. The van der Waals surface area contributed by atoms with Crippen LogP contribution in [0.5, 0.6) is 11.5 Å². The first-order valence-electron chi connectivity index (χ1n) is 36.3. The number of allylic oxidation sites excluding steroid dienone is 1. The Kier molecular flexibility index (Phi) is 18.1. The van der Waals surface area contributed by atoms with Gasteiger partial charge in [-0.15, -0.1) is 5.92 Å². The van der Waals surface area contributed by atoms with Crippen molar-refractivity contribution in [3.05, 3.63) is 84.1 Å². The second-order valence-electron chi connectivity index (χ2n) is 31.7. The van der Waals surface area contributed by atoms with E-state index in [1.807, 2.05) is 22.9 Å². The van der Waals surface area contributed by atoms with E-state index in [9.17, 15) is 40.5 Å². The van der Waals surface area contributed by atoms with Crippen LogP contribution in [0.3, 0.4) is 0 Å². The van der Waals surface area contributed by atoms with Crippen LogP contribution >= 0.6 is 21.6 Å². The summed E-state index contributed by atoms with van der Waals surface area (Å²) in [6, 6.07) is 20.0. The fourth-order valence-electron chi connectivity index (χ4n) is 22.5. The molecule has 6 saturated carbocycles. The van der Waals surface area contributed by atoms with E-state index in [4.69, 9.17) is 23.4 Å². The fraction of sp³-hybridized carbons (Fsp3) is 0.701. The Balaban J connectivity index is 0.861. The summed E-state index contributed by atoms with van der Waals surface area (Å²) in [6.07, 6.45) is 16.6. The predicted molar refractivity (Wildman–Crippen MR) is 365 cm³/mol. The van der Waals surface area contributed by atoms with Gasteiger partial charge in [0.25, 0.3) is 0 Å². The summed E-state index contributed by atoms with van der Waals surface area (Å²) in [6.45, 7) is 4.31. The first-order valence-corrected chi connectivity index (χ1v) is 38.6. The largest absolute Gasteiger partial charge is 0.485 e. The van der Waals surface area contributed by atoms with Crippen LogP contribution in [0, 0.1) is 76.4 Å². The number of hydrogen-bond acceptors (Lipinski definition) is 17. The Hall–Kier alpha value is -3.87. The average Bonchev–Trinajstić information content (AvgIpc) is 0.900. The molecule has 510 valence electrons. The number of carbonyl (C=O) groups is 1. The molecule has 8 fully saturated rings.